The third-order valence-electron chi connectivity index (χ3n) is 12.3. The molecule has 0 aromatic carbocycles. The van der Waals surface area contributed by atoms with E-state index >= 15 is 0 Å². The maximum Gasteiger partial charge on any atom is 0.407 e. The van der Waals surface area contributed by atoms with Crippen LogP contribution in [0.15, 0.2) is 0 Å². The van der Waals surface area contributed by atoms with Crippen molar-refractivity contribution in [3.05, 3.63) is 0 Å². The van der Waals surface area contributed by atoms with Gasteiger partial charge in [0.05, 0.1) is 25.7 Å². The smallest absolute Gasteiger partial charge is 0.407 e. The molecule has 0 rings (SSSR count). The van der Waals surface area contributed by atoms with Crippen LogP contribution in [-0.2, 0) is 23.8 Å². The summed E-state index contributed by atoms with van der Waals surface area (Å²) in [4.78, 5) is 42.2. The lowest BCUT2D eigenvalue weighted by molar-refractivity contribution is -0.149. The molecule has 1 amide bonds. The van der Waals surface area contributed by atoms with Gasteiger partial charge in [-0.2, -0.15) is 0 Å². The standard InChI is InChI=1S/C52H103N3O6/c1-6-11-14-17-19-24-31-40-50(56)59-46-34-28-22-26-33-43-55(45-37-48-61-52(58)53-41-36-44-54(9-4)10-5)42-32-25-20-21-27-35-47-60-51(57)49(38-29-16-13-8-3)39-30-23-18-15-12-7-2/h49H,6-48H2,1-5H3,(H,53,58). The molecule has 0 aliphatic carbocycles. The zero-order chi connectivity index (χ0) is 44.7. The minimum absolute atomic E-state index is 0.0303. The SMILES string of the molecule is CCCCCCCCCC(=O)OCCCCCCCN(CCCCCCCCOC(=O)C(CCCCCC)CCCCCCCC)CCCOC(=O)NCCCN(CC)CC. The molecule has 0 saturated carbocycles. The van der Waals surface area contributed by atoms with Crippen molar-refractivity contribution in [1.82, 2.24) is 15.1 Å². The molecular weight excluding hydrogens is 763 g/mol. The first-order chi connectivity index (χ1) is 29.9. The van der Waals surface area contributed by atoms with Crippen LogP contribution in [0.3, 0.4) is 0 Å². The molecular formula is C52H103N3O6. The molecule has 0 saturated heterocycles. The van der Waals surface area contributed by atoms with E-state index in [1.54, 1.807) is 0 Å². The number of carbonyl (C=O) groups excluding carboxylic acids is 3. The normalized spacial score (nSPS) is 12.0. The first-order valence-corrected chi connectivity index (χ1v) is 26.6. The third-order valence-corrected chi connectivity index (χ3v) is 12.3. The van der Waals surface area contributed by atoms with E-state index < -0.39 is 0 Å². The van der Waals surface area contributed by atoms with Crippen molar-refractivity contribution in [1.29, 1.82) is 0 Å². The van der Waals surface area contributed by atoms with Crippen molar-refractivity contribution in [2.24, 2.45) is 5.92 Å². The average molecular weight is 866 g/mol. The molecule has 362 valence electrons. The van der Waals surface area contributed by atoms with Crippen LogP contribution in [0.4, 0.5) is 4.79 Å². The molecule has 0 heterocycles. The van der Waals surface area contributed by atoms with Crippen molar-refractivity contribution < 1.29 is 28.6 Å². The highest BCUT2D eigenvalue weighted by molar-refractivity contribution is 5.72. The summed E-state index contributed by atoms with van der Waals surface area (Å²) in [5, 5.41) is 2.91. The number of ether oxygens (including phenoxy) is 3. The number of nitrogens with one attached hydrogen (secondary N) is 1. The van der Waals surface area contributed by atoms with Crippen LogP contribution in [-0.4, -0.2) is 93.5 Å². The van der Waals surface area contributed by atoms with E-state index in [1.807, 2.05) is 0 Å². The Bertz CT molecular complexity index is 948. The first kappa shape index (κ1) is 59.1. The zero-order valence-corrected chi connectivity index (χ0v) is 41.3. The molecule has 0 radical (unpaired) electrons. The van der Waals surface area contributed by atoms with E-state index in [-0.39, 0.29) is 23.9 Å². The molecule has 0 aliphatic heterocycles. The largest absolute Gasteiger partial charge is 0.466 e. The van der Waals surface area contributed by atoms with Gasteiger partial charge in [0, 0.05) is 19.5 Å². The van der Waals surface area contributed by atoms with Crippen LogP contribution in [0.25, 0.3) is 0 Å². The van der Waals surface area contributed by atoms with Gasteiger partial charge in [-0.3, -0.25) is 9.59 Å². The summed E-state index contributed by atoms with van der Waals surface area (Å²) >= 11 is 0. The molecule has 1 unspecified atom stereocenters. The van der Waals surface area contributed by atoms with Gasteiger partial charge in [-0.15, -0.1) is 0 Å². The van der Waals surface area contributed by atoms with Crippen LogP contribution in [0, 0.1) is 5.92 Å². The molecule has 9 heteroatoms. The van der Waals surface area contributed by atoms with Gasteiger partial charge in [-0.25, -0.2) is 4.79 Å². The van der Waals surface area contributed by atoms with E-state index in [0.717, 1.165) is 129 Å². The Hall–Kier alpha value is -1.87. The Labute approximate surface area is 378 Å². The number of nitrogens with zero attached hydrogens (tertiary/aromatic N) is 2. The summed E-state index contributed by atoms with van der Waals surface area (Å²) < 4.78 is 16.8. The lowest BCUT2D eigenvalue weighted by atomic mass is 9.94. The predicted molar refractivity (Wildman–Crippen MR) is 258 cm³/mol. The highest BCUT2D eigenvalue weighted by Gasteiger charge is 2.19. The second kappa shape index (κ2) is 47.6. The van der Waals surface area contributed by atoms with Gasteiger partial charge >= 0.3 is 18.0 Å². The molecule has 61 heavy (non-hydrogen) atoms. The maximum absolute atomic E-state index is 13.0. The fourth-order valence-corrected chi connectivity index (χ4v) is 8.13. The number of alkyl carbamates (subject to hydrolysis) is 1. The van der Waals surface area contributed by atoms with Crippen LogP contribution < -0.4 is 5.32 Å². The third kappa shape index (κ3) is 41.9. The minimum atomic E-state index is -0.306. The number of carbonyl (C=O) groups is 3. The number of rotatable bonds is 48. The summed E-state index contributed by atoms with van der Waals surface area (Å²) in [6.45, 7) is 19.4. The molecule has 0 aromatic heterocycles. The van der Waals surface area contributed by atoms with Gasteiger partial charge in [0.2, 0.25) is 0 Å². The van der Waals surface area contributed by atoms with E-state index in [9.17, 15) is 14.4 Å². The Morgan fingerprint density at radius 3 is 1.36 bits per heavy atom. The van der Waals surface area contributed by atoms with E-state index in [1.165, 1.54) is 116 Å². The predicted octanol–water partition coefficient (Wildman–Crippen LogP) is 14.0. The molecule has 0 aromatic rings. The molecule has 0 spiro atoms. The number of unbranched alkanes of at least 4 members (excludes halogenated alkanes) is 23. The lowest BCUT2D eigenvalue weighted by Gasteiger charge is -2.22. The molecule has 9 nitrogen and oxygen atoms in total. The number of hydrogen-bond acceptors (Lipinski definition) is 8. The van der Waals surface area contributed by atoms with Gasteiger partial charge in [0.15, 0.2) is 0 Å². The average Bonchev–Trinajstić information content (AvgIpc) is 3.26. The second-order valence-corrected chi connectivity index (χ2v) is 17.9. The summed E-state index contributed by atoms with van der Waals surface area (Å²) in [5.74, 6) is 0.109. The Kier molecular flexibility index (Phi) is 46.1. The molecule has 1 atom stereocenters. The Morgan fingerprint density at radius 2 is 0.820 bits per heavy atom. The summed E-state index contributed by atoms with van der Waals surface area (Å²) in [6, 6.07) is 0. The topological polar surface area (TPSA) is 97.4 Å². The Balaban J connectivity index is 4.45. The Morgan fingerprint density at radius 1 is 0.410 bits per heavy atom. The van der Waals surface area contributed by atoms with Gasteiger partial charge in [-0.05, 0) is 90.5 Å². The van der Waals surface area contributed by atoms with Crippen molar-refractivity contribution >= 4 is 18.0 Å². The molecule has 0 bridgehead atoms. The fraction of sp³-hybridized carbons (Fsp3) is 0.942. The van der Waals surface area contributed by atoms with Crippen molar-refractivity contribution in [2.45, 2.75) is 247 Å². The zero-order valence-electron chi connectivity index (χ0n) is 41.3. The lowest BCUT2D eigenvalue weighted by Crippen LogP contribution is -2.31. The number of hydrogen-bond donors (Lipinski definition) is 1. The minimum Gasteiger partial charge on any atom is -0.466 e. The highest BCUT2D eigenvalue weighted by atomic mass is 16.5. The number of amides is 1. The second-order valence-electron chi connectivity index (χ2n) is 17.9. The monoisotopic (exact) mass is 866 g/mol. The molecule has 1 N–H and O–H groups in total. The first-order valence-electron chi connectivity index (χ1n) is 26.6. The quantitative estimate of drug-likeness (QED) is 0.0367. The van der Waals surface area contributed by atoms with Gasteiger partial charge < -0.3 is 29.3 Å². The highest BCUT2D eigenvalue weighted by Crippen LogP contribution is 2.21. The van der Waals surface area contributed by atoms with Crippen LogP contribution >= 0.6 is 0 Å². The molecule has 0 aliphatic rings. The van der Waals surface area contributed by atoms with Crippen LogP contribution in [0.1, 0.15) is 247 Å². The summed E-state index contributed by atoms with van der Waals surface area (Å²) in [6.07, 6.45) is 37.3. The van der Waals surface area contributed by atoms with Crippen molar-refractivity contribution in [2.75, 3.05) is 65.6 Å². The van der Waals surface area contributed by atoms with Crippen LogP contribution in [0.5, 0.6) is 0 Å². The maximum atomic E-state index is 13.0. The number of esters is 2. The summed E-state index contributed by atoms with van der Waals surface area (Å²) in [7, 11) is 0. The molecule has 0 fully saturated rings. The van der Waals surface area contributed by atoms with Crippen molar-refractivity contribution in [3.8, 4) is 0 Å². The van der Waals surface area contributed by atoms with Gasteiger partial charge in [0.25, 0.3) is 0 Å². The summed E-state index contributed by atoms with van der Waals surface area (Å²) in [5.41, 5.74) is 0. The van der Waals surface area contributed by atoms with E-state index in [4.69, 9.17) is 14.2 Å². The van der Waals surface area contributed by atoms with Crippen molar-refractivity contribution in [3.63, 3.8) is 0 Å². The van der Waals surface area contributed by atoms with Gasteiger partial charge in [-0.1, -0.05) is 182 Å². The van der Waals surface area contributed by atoms with Gasteiger partial charge in [0.1, 0.15) is 0 Å². The fourth-order valence-electron chi connectivity index (χ4n) is 8.13. The van der Waals surface area contributed by atoms with E-state index in [0.29, 0.717) is 32.8 Å². The van der Waals surface area contributed by atoms with Crippen LogP contribution in [0.2, 0.25) is 0 Å². The van der Waals surface area contributed by atoms with E-state index in [2.05, 4.69) is 49.7 Å².